The first-order chi connectivity index (χ1) is 12.2. The molecule has 25 heavy (non-hydrogen) atoms. The zero-order valence-corrected chi connectivity index (χ0v) is 14.5. The summed E-state index contributed by atoms with van der Waals surface area (Å²) in [6, 6.07) is 5.74. The predicted octanol–water partition coefficient (Wildman–Crippen LogP) is 2.11. The first-order valence-corrected chi connectivity index (χ1v) is 8.95. The van der Waals surface area contributed by atoms with Crippen LogP contribution in [0.1, 0.15) is 47.4 Å². The lowest BCUT2D eigenvalue weighted by molar-refractivity contribution is 0.0919. The summed E-state index contributed by atoms with van der Waals surface area (Å²) in [4.78, 5) is 12.6. The Balaban J connectivity index is 1.48. The van der Waals surface area contributed by atoms with E-state index in [1.54, 1.807) is 12.3 Å². The molecule has 132 valence electrons. The average Bonchev–Trinajstić information content (AvgIpc) is 3.14. The van der Waals surface area contributed by atoms with E-state index < -0.39 is 0 Å². The second-order valence-corrected chi connectivity index (χ2v) is 6.79. The fraction of sp³-hybridized carbons (Fsp3) is 0.471. The number of amides is 1. The number of hydrogen-bond acceptors (Lipinski definition) is 5. The maximum absolute atomic E-state index is 12.6. The van der Waals surface area contributed by atoms with E-state index in [9.17, 15) is 4.79 Å². The fourth-order valence-electron chi connectivity index (χ4n) is 3.40. The Morgan fingerprint density at radius 3 is 3.00 bits per heavy atom. The van der Waals surface area contributed by atoms with Gasteiger partial charge in [0.1, 0.15) is 5.75 Å². The topological polar surface area (TPSA) is 81.1 Å². The molecule has 2 aromatic rings. The Kier molecular flexibility index (Phi) is 4.59. The van der Waals surface area contributed by atoms with Crippen LogP contribution in [-0.2, 0) is 0 Å². The third kappa shape index (κ3) is 3.34. The number of rotatable bonds is 3. The number of aromatic nitrogens is 3. The number of halogens is 1. The van der Waals surface area contributed by atoms with Gasteiger partial charge in [0.05, 0.1) is 29.9 Å². The lowest BCUT2D eigenvalue weighted by Crippen LogP contribution is -2.32. The highest BCUT2D eigenvalue weighted by atomic mass is 35.5. The number of nitrogens with zero attached hydrogens (tertiary/aromatic N) is 3. The van der Waals surface area contributed by atoms with E-state index in [0.29, 0.717) is 35.5 Å². The van der Waals surface area contributed by atoms with Crippen molar-refractivity contribution in [2.45, 2.75) is 31.3 Å². The second-order valence-electron chi connectivity index (χ2n) is 6.39. The van der Waals surface area contributed by atoms with Crippen molar-refractivity contribution >= 4 is 17.5 Å². The van der Waals surface area contributed by atoms with E-state index >= 15 is 0 Å². The monoisotopic (exact) mass is 361 g/mol. The number of para-hydroxylation sites is 1. The van der Waals surface area contributed by atoms with Crippen LogP contribution in [0, 0.1) is 0 Å². The van der Waals surface area contributed by atoms with E-state index in [1.165, 1.54) is 0 Å². The summed E-state index contributed by atoms with van der Waals surface area (Å²) < 4.78 is 7.44. The van der Waals surface area contributed by atoms with Gasteiger partial charge in [-0.1, -0.05) is 28.9 Å². The minimum absolute atomic E-state index is 0.140. The standard InChI is InChI=1S/C17H20ClN5O2/c18-13-3-1-2-12-14(6-9-25-16(12)13)20-17(24)15-10-23(22-21-15)11-4-7-19-8-5-11/h1-3,10-11,14,19H,4-9H2,(H,20,24). The van der Waals surface area contributed by atoms with Crippen LogP contribution in [0.25, 0.3) is 0 Å². The molecule has 2 N–H and O–H groups in total. The van der Waals surface area contributed by atoms with Gasteiger partial charge in [0.2, 0.25) is 0 Å². The van der Waals surface area contributed by atoms with Crippen molar-refractivity contribution in [1.29, 1.82) is 0 Å². The van der Waals surface area contributed by atoms with Gasteiger partial charge in [-0.2, -0.15) is 0 Å². The maximum atomic E-state index is 12.6. The SMILES string of the molecule is O=C(NC1CCOc2c(Cl)cccc21)c1cn(C2CCNCC2)nn1. The van der Waals surface area contributed by atoms with Gasteiger partial charge in [0, 0.05) is 12.0 Å². The van der Waals surface area contributed by atoms with Gasteiger partial charge in [0.15, 0.2) is 5.69 Å². The first-order valence-electron chi connectivity index (χ1n) is 8.57. The molecule has 4 rings (SSSR count). The lowest BCUT2D eigenvalue weighted by atomic mass is 10.0. The number of ether oxygens (including phenoxy) is 1. The zero-order chi connectivity index (χ0) is 17.2. The van der Waals surface area contributed by atoms with Gasteiger partial charge >= 0.3 is 0 Å². The Labute approximate surface area is 150 Å². The van der Waals surface area contributed by atoms with E-state index in [1.807, 2.05) is 16.8 Å². The molecule has 0 radical (unpaired) electrons. The smallest absolute Gasteiger partial charge is 0.273 e. The quantitative estimate of drug-likeness (QED) is 0.875. The highest BCUT2D eigenvalue weighted by molar-refractivity contribution is 6.32. The Morgan fingerprint density at radius 2 is 2.16 bits per heavy atom. The molecule has 1 aromatic carbocycles. The minimum atomic E-state index is -0.224. The first kappa shape index (κ1) is 16.4. The number of nitrogens with one attached hydrogen (secondary N) is 2. The Hall–Kier alpha value is -2.12. The van der Waals surface area contributed by atoms with E-state index in [-0.39, 0.29) is 11.9 Å². The molecule has 3 heterocycles. The van der Waals surface area contributed by atoms with Crippen molar-refractivity contribution < 1.29 is 9.53 Å². The van der Waals surface area contributed by atoms with E-state index in [2.05, 4.69) is 20.9 Å². The molecule has 1 aromatic heterocycles. The zero-order valence-electron chi connectivity index (χ0n) is 13.7. The summed E-state index contributed by atoms with van der Waals surface area (Å²) in [5, 5.41) is 15.1. The van der Waals surface area contributed by atoms with Crippen LogP contribution in [0.4, 0.5) is 0 Å². The molecule has 0 aliphatic carbocycles. The molecular weight excluding hydrogens is 342 g/mol. The van der Waals surface area contributed by atoms with Crippen molar-refractivity contribution in [3.05, 3.63) is 40.7 Å². The number of carbonyl (C=O) groups excluding carboxylic acids is 1. The number of benzene rings is 1. The summed E-state index contributed by atoms with van der Waals surface area (Å²) in [7, 11) is 0. The fourth-order valence-corrected chi connectivity index (χ4v) is 3.64. The molecule has 0 spiro atoms. The molecule has 1 saturated heterocycles. The minimum Gasteiger partial charge on any atom is -0.492 e. The van der Waals surface area contributed by atoms with Crippen molar-refractivity contribution in [3.8, 4) is 5.75 Å². The van der Waals surface area contributed by atoms with Gasteiger partial charge in [0.25, 0.3) is 5.91 Å². The van der Waals surface area contributed by atoms with Crippen molar-refractivity contribution in [2.24, 2.45) is 0 Å². The molecule has 0 bridgehead atoms. The van der Waals surface area contributed by atoms with Crippen LogP contribution in [0.2, 0.25) is 5.02 Å². The molecule has 1 fully saturated rings. The summed E-state index contributed by atoms with van der Waals surface area (Å²) in [6.07, 6.45) is 4.43. The van der Waals surface area contributed by atoms with Gasteiger partial charge in [-0.15, -0.1) is 5.10 Å². The molecule has 1 amide bonds. The molecule has 0 saturated carbocycles. The van der Waals surface area contributed by atoms with Gasteiger partial charge in [-0.25, -0.2) is 4.68 Å². The van der Waals surface area contributed by atoms with Crippen LogP contribution in [0.15, 0.2) is 24.4 Å². The van der Waals surface area contributed by atoms with E-state index in [4.69, 9.17) is 16.3 Å². The van der Waals surface area contributed by atoms with Crippen LogP contribution >= 0.6 is 11.6 Å². The molecular formula is C17H20ClN5O2. The number of hydrogen-bond donors (Lipinski definition) is 2. The van der Waals surface area contributed by atoms with Crippen LogP contribution in [-0.4, -0.2) is 40.6 Å². The molecule has 2 aliphatic heterocycles. The average molecular weight is 362 g/mol. The second kappa shape index (κ2) is 7.01. The van der Waals surface area contributed by atoms with Crippen molar-refractivity contribution in [1.82, 2.24) is 25.6 Å². The van der Waals surface area contributed by atoms with Gasteiger partial charge < -0.3 is 15.4 Å². The summed E-state index contributed by atoms with van der Waals surface area (Å²) in [5.41, 5.74) is 1.24. The lowest BCUT2D eigenvalue weighted by Gasteiger charge is -2.27. The van der Waals surface area contributed by atoms with E-state index in [0.717, 1.165) is 31.5 Å². The summed E-state index contributed by atoms with van der Waals surface area (Å²) in [6.45, 7) is 2.45. The predicted molar refractivity (Wildman–Crippen MR) is 92.9 cm³/mol. The normalized spacial score (nSPS) is 20.6. The highest BCUT2D eigenvalue weighted by Gasteiger charge is 2.26. The molecule has 2 aliphatic rings. The molecule has 8 heteroatoms. The van der Waals surface area contributed by atoms with Gasteiger partial charge in [-0.3, -0.25) is 4.79 Å². The largest absolute Gasteiger partial charge is 0.492 e. The number of carbonyl (C=O) groups is 1. The van der Waals surface area contributed by atoms with Crippen LogP contribution in [0.5, 0.6) is 5.75 Å². The third-order valence-electron chi connectivity index (χ3n) is 4.76. The van der Waals surface area contributed by atoms with Gasteiger partial charge in [-0.05, 0) is 32.0 Å². The van der Waals surface area contributed by atoms with Crippen LogP contribution in [0.3, 0.4) is 0 Å². The molecule has 7 nitrogen and oxygen atoms in total. The van der Waals surface area contributed by atoms with Crippen LogP contribution < -0.4 is 15.4 Å². The summed E-state index contributed by atoms with van der Waals surface area (Å²) >= 11 is 6.18. The van der Waals surface area contributed by atoms with Crippen molar-refractivity contribution in [3.63, 3.8) is 0 Å². The maximum Gasteiger partial charge on any atom is 0.273 e. The summed E-state index contributed by atoms with van der Waals surface area (Å²) in [5.74, 6) is 0.428. The molecule has 1 atom stereocenters. The third-order valence-corrected chi connectivity index (χ3v) is 5.05. The van der Waals surface area contributed by atoms with Crippen molar-refractivity contribution in [2.75, 3.05) is 19.7 Å². The highest BCUT2D eigenvalue weighted by Crippen LogP contribution is 2.37. The number of piperidine rings is 1. The Morgan fingerprint density at radius 1 is 1.32 bits per heavy atom. The number of fused-ring (bicyclic) bond motifs is 1. The molecule has 1 unspecified atom stereocenters. The Bertz CT molecular complexity index is 772.